The van der Waals surface area contributed by atoms with Gasteiger partial charge in [0.25, 0.3) is 5.91 Å². The van der Waals surface area contributed by atoms with Crippen LogP contribution in [-0.2, 0) is 19.9 Å². The van der Waals surface area contributed by atoms with Crippen molar-refractivity contribution in [2.75, 3.05) is 25.1 Å². The van der Waals surface area contributed by atoms with Crippen molar-refractivity contribution < 1.29 is 23.5 Å². The van der Waals surface area contributed by atoms with E-state index in [-0.39, 0.29) is 35.9 Å². The van der Waals surface area contributed by atoms with Gasteiger partial charge in [0.1, 0.15) is 11.7 Å². The molecule has 8 heteroatoms. The molecule has 2 aliphatic heterocycles. The van der Waals surface area contributed by atoms with Gasteiger partial charge < -0.3 is 10.1 Å². The van der Waals surface area contributed by atoms with E-state index in [2.05, 4.69) is 10.3 Å². The Labute approximate surface area is 198 Å². The first-order chi connectivity index (χ1) is 16.3. The van der Waals surface area contributed by atoms with Crippen LogP contribution in [0.1, 0.15) is 49.0 Å². The van der Waals surface area contributed by atoms with Gasteiger partial charge in [-0.05, 0) is 61.7 Å². The molecule has 1 saturated heterocycles. The summed E-state index contributed by atoms with van der Waals surface area (Å²) < 4.78 is 18.7. The summed E-state index contributed by atoms with van der Waals surface area (Å²) in [4.78, 5) is 44.8. The van der Waals surface area contributed by atoms with Gasteiger partial charge in [0.15, 0.2) is 11.3 Å². The van der Waals surface area contributed by atoms with Crippen molar-refractivity contribution in [3.63, 3.8) is 0 Å². The molecule has 2 aliphatic rings. The number of carbonyl (C=O) groups excluding carboxylic acids is 3. The van der Waals surface area contributed by atoms with Gasteiger partial charge in [-0.2, -0.15) is 0 Å². The number of hydrogen-bond donors (Lipinski definition) is 1. The van der Waals surface area contributed by atoms with E-state index in [0.717, 1.165) is 0 Å². The van der Waals surface area contributed by atoms with E-state index in [1.807, 2.05) is 6.92 Å². The van der Waals surface area contributed by atoms with Gasteiger partial charge in [-0.25, -0.2) is 4.39 Å². The normalized spacial score (nSPS) is 22.1. The molecule has 1 N–H and O–H groups in total. The summed E-state index contributed by atoms with van der Waals surface area (Å²) in [5.74, 6) is -0.706. The molecule has 4 rings (SSSR count). The number of ketones is 1. The molecule has 2 aromatic carbocycles. The minimum Gasteiger partial charge on any atom is -0.381 e. The van der Waals surface area contributed by atoms with Crippen LogP contribution in [-0.4, -0.2) is 48.1 Å². The van der Waals surface area contributed by atoms with Gasteiger partial charge in [0, 0.05) is 17.9 Å². The zero-order valence-corrected chi connectivity index (χ0v) is 19.3. The van der Waals surface area contributed by atoms with Crippen molar-refractivity contribution in [2.24, 2.45) is 10.9 Å². The molecule has 1 fully saturated rings. The standard InChI is InChI=1S/C26H28FN3O4/c1-3-13-26(20-6-8-21(27)9-7-20)25(33)30(17(2)29-26)15-23(31)18-4-10-22(11-5-18)28-24(32)19-12-14-34-16-19/h4-11,19H,3,12-16H2,1-2H3,(H,28,32). The number of halogens is 1. The molecule has 2 amide bonds. The van der Waals surface area contributed by atoms with Gasteiger partial charge in [-0.1, -0.05) is 25.5 Å². The Kier molecular flexibility index (Phi) is 6.88. The highest BCUT2D eigenvalue weighted by Gasteiger charge is 2.48. The van der Waals surface area contributed by atoms with Crippen molar-refractivity contribution in [2.45, 2.75) is 38.6 Å². The maximum atomic E-state index is 13.5. The summed E-state index contributed by atoms with van der Waals surface area (Å²) in [7, 11) is 0. The molecule has 2 unspecified atom stereocenters. The molecule has 34 heavy (non-hydrogen) atoms. The van der Waals surface area contributed by atoms with Crippen LogP contribution in [0.15, 0.2) is 53.5 Å². The third-order valence-electron chi connectivity index (χ3n) is 6.35. The third-order valence-corrected chi connectivity index (χ3v) is 6.35. The van der Waals surface area contributed by atoms with Gasteiger partial charge in [-0.3, -0.25) is 24.3 Å². The monoisotopic (exact) mass is 465 g/mol. The van der Waals surface area contributed by atoms with Crippen molar-refractivity contribution >= 4 is 29.1 Å². The number of Topliss-reactive ketones (excluding diaryl/α,β-unsaturated/α-hetero) is 1. The highest BCUT2D eigenvalue weighted by Crippen LogP contribution is 2.38. The van der Waals surface area contributed by atoms with E-state index >= 15 is 0 Å². The number of aliphatic imine (C=N–C) groups is 1. The number of amides is 2. The van der Waals surface area contributed by atoms with Crippen molar-refractivity contribution in [3.05, 3.63) is 65.5 Å². The number of rotatable bonds is 8. The van der Waals surface area contributed by atoms with Crippen LogP contribution in [0.25, 0.3) is 0 Å². The van der Waals surface area contributed by atoms with E-state index in [4.69, 9.17) is 4.74 Å². The number of nitrogens with one attached hydrogen (secondary N) is 1. The highest BCUT2D eigenvalue weighted by atomic mass is 19.1. The predicted molar refractivity (Wildman–Crippen MR) is 126 cm³/mol. The number of anilines is 1. The largest absolute Gasteiger partial charge is 0.381 e. The molecule has 7 nitrogen and oxygen atoms in total. The fraction of sp³-hybridized carbons (Fsp3) is 0.385. The van der Waals surface area contributed by atoms with Gasteiger partial charge in [-0.15, -0.1) is 0 Å². The lowest BCUT2D eigenvalue weighted by Gasteiger charge is -2.26. The molecular weight excluding hydrogens is 437 g/mol. The second kappa shape index (κ2) is 9.85. The van der Waals surface area contributed by atoms with Crippen molar-refractivity contribution in [1.82, 2.24) is 4.90 Å². The number of hydrogen-bond acceptors (Lipinski definition) is 5. The zero-order chi connectivity index (χ0) is 24.3. The third kappa shape index (κ3) is 4.63. The number of carbonyl (C=O) groups is 3. The Balaban J connectivity index is 1.46. The molecule has 0 bridgehead atoms. The maximum absolute atomic E-state index is 13.5. The first-order valence-corrected chi connectivity index (χ1v) is 11.5. The predicted octanol–water partition coefficient (Wildman–Crippen LogP) is 3.94. The lowest BCUT2D eigenvalue weighted by Crippen LogP contribution is -2.43. The van der Waals surface area contributed by atoms with Crippen LogP contribution < -0.4 is 5.32 Å². The lowest BCUT2D eigenvalue weighted by atomic mass is 9.85. The first kappa shape index (κ1) is 23.8. The molecule has 2 aromatic rings. The fourth-order valence-electron chi connectivity index (χ4n) is 4.48. The van der Waals surface area contributed by atoms with Crippen LogP contribution in [0.2, 0.25) is 0 Å². The minimum absolute atomic E-state index is 0.0980. The van der Waals surface area contributed by atoms with E-state index in [1.54, 1.807) is 43.3 Å². The van der Waals surface area contributed by atoms with E-state index in [9.17, 15) is 18.8 Å². The number of ether oxygens (including phenoxy) is 1. The molecule has 0 saturated carbocycles. The second-order valence-electron chi connectivity index (χ2n) is 8.72. The molecule has 2 atom stereocenters. The average molecular weight is 466 g/mol. The summed E-state index contributed by atoms with van der Waals surface area (Å²) in [6, 6.07) is 12.4. The molecule has 2 heterocycles. The Hall–Kier alpha value is -3.39. The van der Waals surface area contributed by atoms with Crippen molar-refractivity contribution in [1.29, 1.82) is 0 Å². The number of benzene rings is 2. The van der Waals surface area contributed by atoms with Gasteiger partial charge in [0.05, 0.1) is 19.1 Å². The molecular formula is C26H28FN3O4. The van der Waals surface area contributed by atoms with Crippen LogP contribution in [0.5, 0.6) is 0 Å². The quantitative estimate of drug-likeness (QED) is 0.598. The Morgan fingerprint density at radius 2 is 1.88 bits per heavy atom. The van der Waals surface area contributed by atoms with Crippen molar-refractivity contribution in [3.8, 4) is 0 Å². The molecule has 0 spiro atoms. The molecule has 178 valence electrons. The molecule has 0 aromatic heterocycles. The SMILES string of the molecule is CCCC1(c2ccc(F)cc2)N=C(C)N(CC(=O)c2ccc(NC(=O)C3CCOC3)cc2)C1=O. The zero-order valence-electron chi connectivity index (χ0n) is 19.3. The highest BCUT2D eigenvalue weighted by molar-refractivity contribution is 6.11. The smallest absolute Gasteiger partial charge is 0.260 e. The van der Waals surface area contributed by atoms with Crippen LogP contribution >= 0.6 is 0 Å². The minimum atomic E-state index is -1.15. The summed E-state index contributed by atoms with van der Waals surface area (Å²) in [6.45, 7) is 4.52. The molecule has 0 radical (unpaired) electrons. The van der Waals surface area contributed by atoms with E-state index in [1.165, 1.54) is 17.0 Å². The second-order valence-corrected chi connectivity index (χ2v) is 8.72. The van der Waals surface area contributed by atoms with Gasteiger partial charge >= 0.3 is 0 Å². The number of nitrogens with zero attached hydrogens (tertiary/aromatic N) is 2. The fourth-order valence-corrected chi connectivity index (χ4v) is 4.48. The maximum Gasteiger partial charge on any atom is 0.260 e. The summed E-state index contributed by atoms with van der Waals surface area (Å²) in [5, 5.41) is 2.84. The molecule has 0 aliphatic carbocycles. The van der Waals surface area contributed by atoms with Crippen LogP contribution in [0, 0.1) is 11.7 Å². The Bertz CT molecular complexity index is 1110. The van der Waals surface area contributed by atoms with Crippen LogP contribution in [0.3, 0.4) is 0 Å². The lowest BCUT2D eigenvalue weighted by molar-refractivity contribution is -0.131. The Morgan fingerprint density at radius 3 is 2.50 bits per heavy atom. The topological polar surface area (TPSA) is 88.1 Å². The first-order valence-electron chi connectivity index (χ1n) is 11.5. The summed E-state index contributed by atoms with van der Waals surface area (Å²) in [6.07, 6.45) is 1.85. The number of amidine groups is 1. The van der Waals surface area contributed by atoms with E-state index < -0.39 is 5.54 Å². The van der Waals surface area contributed by atoms with Gasteiger partial charge in [0.2, 0.25) is 5.91 Å². The Morgan fingerprint density at radius 1 is 1.18 bits per heavy atom. The average Bonchev–Trinajstić information content (AvgIpc) is 3.44. The summed E-state index contributed by atoms with van der Waals surface area (Å²) in [5.41, 5.74) is 0.493. The van der Waals surface area contributed by atoms with E-state index in [0.29, 0.717) is 55.1 Å². The van der Waals surface area contributed by atoms with Crippen LogP contribution in [0.4, 0.5) is 10.1 Å². The summed E-state index contributed by atoms with van der Waals surface area (Å²) >= 11 is 0.